The molecule has 10 heteroatoms. The Morgan fingerprint density at radius 1 is 1.03 bits per heavy atom. The van der Waals surface area contributed by atoms with Crippen LogP contribution < -0.4 is 10.6 Å². The Bertz CT molecular complexity index is 999. The van der Waals surface area contributed by atoms with E-state index in [1.54, 1.807) is 43.0 Å². The molecule has 0 aliphatic carbocycles. The lowest BCUT2D eigenvalue weighted by atomic mass is 10.0. The summed E-state index contributed by atoms with van der Waals surface area (Å²) < 4.78 is 34.2. The lowest BCUT2D eigenvalue weighted by Crippen LogP contribution is -2.37. The smallest absolute Gasteiger partial charge is 0.303 e. The molecule has 2 rings (SSSR count). The van der Waals surface area contributed by atoms with Crippen LogP contribution in [-0.4, -0.2) is 48.8 Å². The van der Waals surface area contributed by atoms with Crippen molar-refractivity contribution in [3.05, 3.63) is 59.2 Å². The van der Waals surface area contributed by atoms with Crippen molar-refractivity contribution in [1.82, 2.24) is 5.32 Å². The summed E-state index contributed by atoms with van der Waals surface area (Å²) in [5.74, 6) is -4.06. The molecule has 0 aliphatic rings. The first kappa shape index (κ1) is 26.3. The summed E-state index contributed by atoms with van der Waals surface area (Å²) in [4.78, 5) is 36.0. The quantitative estimate of drug-likeness (QED) is 0.478. The largest absolute Gasteiger partial charge is 0.481 e. The molecular weight excluding hydrogens is 454 g/mol. The Kier molecular flexibility index (Phi) is 8.95. The van der Waals surface area contributed by atoms with Crippen LogP contribution in [-0.2, 0) is 25.7 Å². The number of hydrogen-bond acceptors (Lipinski definition) is 4. The summed E-state index contributed by atoms with van der Waals surface area (Å²) in [5.41, 5.74) is 1.15. The Balaban J connectivity index is 2.31. The number of methoxy groups -OCH3 is 1. The summed E-state index contributed by atoms with van der Waals surface area (Å²) >= 11 is 0. The molecular formula is C23H28F2N2O5S. The highest BCUT2D eigenvalue weighted by molar-refractivity contribution is 8.32. The van der Waals surface area contributed by atoms with E-state index < -0.39 is 51.9 Å². The van der Waals surface area contributed by atoms with Crippen LogP contribution in [0.15, 0.2) is 41.3 Å². The first-order valence-electron chi connectivity index (χ1n) is 9.99. The molecule has 0 spiro atoms. The molecule has 180 valence electrons. The minimum absolute atomic E-state index is 0.0206. The molecule has 2 amide bonds. The number of carboxylic acids is 1. The minimum atomic E-state index is -1.68. The molecule has 0 aromatic heterocycles. The number of ether oxygens (including phenoxy) is 1. The Morgan fingerprint density at radius 3 is 2.09 bits per heavy atom. The fourth-order valence-electron chi connectivity index (χ4n) is 3.16. The molecule has 2 aromatic rings. The van der Waals surface area contributed by atoms with Gasteiger partial charge in [0.25, 0.3) is 5.91 Å². The predicted octanol–water partition coefficient (Wildman–Crippen LogP) is 3.82. The molecule has 7 nitrogen and oxygen atoms in total. The van der Waals surface area contributed by atoms with Crippen molar-refractivity contribution in [2.24, 2.45) is 0 Å². The van der Waals surface area contributed by atoms with Gasteiger partial charge < -0.3 is 20.5 Å². The van der Waals surface area contributed by atoms with Gasteiger partial charge in [-0.25, -0.2) is 18.8 Å². The molecule has 0 unspecified atom stereocenters. The van der Waals surface area contributed by atoms with E-state index in [1.807, 2.05) is 0 Å². The number of amides is 2. The molecule has 0 aliphatic heterocycles. The van der Waals surface area contributed by atoms with Gasteiger partial charge in [-0.1, -0.05) is 24.3 Å². The molecule has 3 N–H and O–H groups in total. The molecule has 0 saturated carbocycles. The number of benzene rings is 2. The molecule has 0 bridgehead atoms. The number of rotatable bonds is 10. The van der Waals surface area contributed by atoms with E-state index in [0.29, 0.717) is 12.2 Å². The van der Waals surface area contributed by atoms with Crippen LogP contribution in [0.2, 0.25) is 0 Å². The fourth-order valence-corrected chi connectivity index (χ4v) is 4.45. The highest BCUT2D eigenvalue weighted by Gasteiger charge is 2.25. The van der Waals surface area contributed by atoms with Gasteiger partial charge in [0, 0.05) is 19.2 Å². The summed E-state index contributed by atoms with van der Waals surface area (Å²) in [6.45, 7) is 0.350. The van der Waals surface area contributed by atoms with Crippen LogP contribution in [0, 0.1) is 11.6 Å². The van der Waals surface area contributed by atoms with Gasteiger partial charge in [0.15, 0.2) is 0 Å². The maximum atomic E-state index is 14.6. The molecule has 33 heavy (non-hydrogen) atoms. The Labute approximate surface area is 192 Å². The van der Waals surface area contributed by atoms with Crippen LogP contribution in [0.25, 0.3) is 0 Å². The number of halogens is 2. The zero-order valence-electron chi connectivity index (χ0n) is 18.9. The number of nitrogens with one attached hydrogen (secondary N) is 2. The van der Waals surface area contributed by atoms with Gasteiger partial charge in [0.1, 0.15) is 17.7 Å². The normalized spacial score (nSPS) is 12.7. The number of hydrogen-bond donors (Lipinski definition) is 3. The molecule has 2 aromatic carbocycles. The van der Waals surface area contributed by atoms with Gasteiger partial charge in [-0.3, -0.25) is 14.4 Å². The maximum Gasteiger partial charge on any atom is 0.303 e. The Morgan fingerprint density at radius 2 is 1.61 bits per heavy atom. The van der Waals surface area contributed by atoms with E-state index in [-0.39, 0.29) is 17.0 Å². The first-order chi connectivity index (χ1) is 15.4. The second-order valence-corrected chi connectivity index (χ2v) is 12.2. The van der Waals surface area contributed by atoms with Gasteiger partial charge in [-0.2, -0.15) is 0 Å². The lowest BCUT2D eigenvalue weighted by molar-refractivity contribution is -0.139. The monoisotopic (exact) mass is 482 g/mol. The highest BCUT2D eigenvalue weighted by atomic mass is 32.3. The van der Waals surface area contributed by atoms with E-state index in [4.69, 9.17) is 9.84 Å². The van der Waals surface area contributed by atoms with Crippen LogP contribution in [0.5, 0.6) is 0 Å². The van der Waals surface area contributed by atoms with E-state index in [1.165, 1.54) is 7.11 Å². The molecule has 0 saturated heterocycles. The average Bonchev–Trinajstić information content (AvgIpc) is 2.69. The van der Waals surface area contributed by atoms with Crippen molar-refractivity contribution in [2.75, 3.05) is 31.2 Å². The second kappa shape index (κ2) is 11.2. The number of aliphatic carboxylic acids is 1. The zero-order valence-corrected chi connectivity index (χ0v) is 19.7. The van der Waals surface area contributed by atoms with Crippen molar-refractivity contribution in [3.63, 3.8) is 0 Å². The van der Waals surface area contributed by atoms with Crippen LogP contribution in [0.3, 0.4) is 0 Å². The number of carboxylic acid groups (broad SMARTS) is 1. The third kappa shape index (κ3) is 7.54. The molecule has 0 heterocycles. The number of anilines is 1. The van der Waals surface area contributed by atoms with Crippen molar-refractivity contribution < 1.29 is 33.0 Å². The molecule has 0 radical (unpaired) electrons. The third-order valence-corrected chi connectivity index (χ3v) is 6.25. The van der Waals surface area contributed by atoms with E-state index >= 15 is 0 Å². The number of carbonyl (C=O) groups excluding carboxylic acids is 2. The van der Waals surface area contributed by atoms with E-state index in [2.05, 4.69) is 10.6 Å². The minimum Gasteiger partial charge on any atom is -0.481 e. The SMILES string of the molecule is COCc1ccc([C@@H](NC(=O)CCC(=O)O)C(=O)Nc2cc(F)c(S(C)(C)C)c(F)c2)cc1. The van der Waals surface area contributed by atoms with Crippen molar-refractivity contribution in [3.8, 4) is 0 Å². The summed E-state index contributed by atoms with van der Waals surface area (Å²) in [5, 5.41) is 13.7. The summed E-state index contributed by atoms with van der Waals surface area (Å²) in [6, 6.07) is 7.53. The second-order valence-electron chi connectivity index (χ2n) is 8.16. The molecule has 1 atom stereocenters. The van der Waals surface area contributed by atoms with Crippen molar-refractivity contribution in [2.45, 2.75) is 30.4 Å². The average molecular weight is 483 g/mol. The standard InChI is InChI=1S/C23H28F2N2O5S/c1-32-13-14-5-7-15(8-6-14)21(27-19(28)9-10-20(29)30)23(31)26-16-11-17(24)22(18(25)12-16)33(2,3)4/h5-8,11-12,21H,9-10,13H2,1-4H3,(H,26,31)(H,27,28)(H,29,30)/t21-/m1/s1. The Hall–Kier alpha value is -2.98. The van der Waals surface area contributed by atoms with Crippen molar-refractivity contribution >= 4 is 33.5 Å². The van der Waals surface area contributed by atoms with Gasteiger partial charge in [-0.15, -0.1) is 0 Å². The van der Waals surface area contributed by atoms with Gasteiger partial charge in [-0.05, 0) is 42.0 Å². The van der Waals surface area contributed by atoms with Crippen molar-refractivity contribution in [1.29, 1.82) is 0 Å². The third-order valence-electron chi connectivity index (χ3n) is 4.64. The maximum absolute atomic E-state index is 14.6. The zero-order chi connectivity index (χ0) is 24.8. The summed E-state index contributed by atoms with van der Waals surface area (Å²) in [6.07, 6.45) is 4.53. The van der Waals surface area contributed by atoms with E-state index in [0.717, 1.165) is 17.7 Å². The van der Waals surface area contributed by atoms with Crippen LogP contribution in [0.4, 0.5) is 14.5 Å². The van der Waals surface area contributed by atoms with Crippen LogP contribution in [0.1, 0.15) is 30.0 Å². The fraction of sp³-hybridized carbons (Fsp3) is 0.348. The molecule has 0 fully saturated rings. The predicted molar refractivity (Wildman–Crippen MR) is 124 cm³/mol. The van der Waals surface area contributed by atoms with Crippen LogP contribution >= 0.6 is 10.0 Å². The highest BCUT2D eigenvalue weighted by Crippen LogP contribution is 2.48. The van der Waals surface area contributed by atoms with Gasteiger partial charge in [0.05, 0.1) is 17.9 Å². The number of carbonyl (C=O) groups is 3. The van der Waals surface area contributed by atoms with E-state index in [9.17, 15) is 23.2 Å². The van der Waals surface area contributed by atoms with Gasteiger partial charge >= 0.3 is 5.97 Å². The summed E-state index contributed by atoms with van der Waals surface area (Å²) in [7, 11) is -0.146. The van der Waals surface area contributed by atoms with Gasteiger partial charge in [0.2, 0.25) is 5.91 Å². The topological polar surface area (TPSA) is 105 Å². The first-order valence-corrected chi connectivity index (χ1v) is 12.9. The lowest BCUT2D eigenvalue weighted by Gasteiger charge is -2.27.